The largest absolute Gasteiger partial charge is 0.394 e. The first-order valence-electron chi connectivity index (χ1n) is 14.7. The second-order valence-corrected chi connectivity index (χ2v) is 11.9. The van der Waals surface area contributed by atoms with E-state index in [9.17, 15) is 38.7 Å². The SMILES string of the molecule is CC(=O)N[C@@H](CC(C)C)C(=O)N[C@@H](CO)C(=O)N1CCC[C@H]1C(=O)N[C@@H](C)C(=O)N[C@@H](C)C(=O)N[C@@H](CC(C)C)C(N)=O. The highest BCUT2D eigenvalue weighted by molar-refractivity contribution is 5.97. The number of nitrogens with one attached hydrogen (secondary N) is 5. The van der Waals surface area contributed by atoms with Crippen molar-refractivity contribution in [2.45, 2.75) is 110 Å². The maximum Gasteiger partial charge on any atom is 0.248 e. The average Bonchev–Trinajstić information content (AvgIpc) is 3.39. The zero-order valence-electron chi connectivity index (χ0n) is 26.2. The lowest BCUT2D eigenvalue weighted by atomic mass is 10.0. The number of nitrogens with zero attached hydrogens (tertiary/aromatic N) is 1. The Hall–Kier alpha value is -3.75. The molecule has 6 atom stereocenters. The maximum atomic E-state index is 13.3. The Balaban J connectivity index is 2.82. The van der Waals surface area contributed by atoms with Gasteiger partial charge in [-0.1, -0.05) is 27.7 Å². The summed E-state index contributed by atoms with van der Waals surface area (Å²) >= 11 is 0. The van der Waals surface area contributed by atoms with Crippen LogP contribution in [0.5, 0.6) is 0 Å². The van der Waals surface area contributed by atoms with Crippen molar-refractivity contribution in [3.8, 4) is 0 Å². The number of carbonyl (C=O) groups excluding carboxylic acids is 7. The fourth-order valence-electron chi connectivity index (χ4n) is 4.70. The summed E-state index contributed by atoms with van der Waals surface area (Å²) in [6.45, 7) is 11.1. The van der Waals surface area contributed by atoms with Crippen LogP contribution in [0.4, 0.5) is 0 Å². The Morgan fingerprint density at radius 2 is 1.26 bits per heavy atom. The summed E-state index contributed by atoms with van der Waals surface area (Å²) in [5.74, 6) is -4.16. The van der Waals surface area contributed by atoms with Crippen molar-refractivity contribution in [2.75, 3.05) is 13.2 Å². The molecule has 0 aromatic rings. The van der Waals surface area contributed by atoms with E-state index in [0.29, 0.717) is 25.7 Å². The topological polar surface area (TPSA) is 229 Å². The Kier molecular flexibility index (Phi) is 15.1. The number of likely N-dealkylation sites (tertiary alicyclic amines) is 1. The van der Waals surface area contributed by atoms with Crippen LogP contribution in [0.2, 0.25) is 0 Å². The van der Waals surface area contributed by atoms with Crippen LogP contribution >= 0.6 is 0 Å². The summed E-state index contributed by atoms with van der Waals surface area (Å²) in [7, 11) is 0. The highest BCUT2D eigenvalue weighted by atomic mass is 16.3. The van der Waals surface area contributed by atoms with Crippen molar-refractivity contribution in [1.29, 1.82) is 0 Å². The Labute approximate surface area is 252 Å². The lowest BCUT2D eigenvalue weighted by Gasteiger charge is -2.30. The second-order valence-electron chi connectivity index (χ2n) is 11.9. The van der Waals surface area contributed by atoms with Gasteiger partial charge in [0.1, 0.15) is 36.3 Å². The molecular formula is C28H49N7O8. The normalized spacial score (nSPS) is 18.2. The number of aliphatic hydroxyl groups is 1. The van der Waals surface area contributed by atoms with E-state index in [-0.39, 0.29) is 18.4 Å². The molecule has 0 bridgehead atoms. The number of rotatable bonds is 16. The molecule has 0 unspecified atom stereocenters. The lowest BCUT2D eigenvalue weighted by molar-refractivity contribution is -0.143. The van der Waals surface area contributed by atoms with Gasteiger partial charge < -0.3 is 42.3 Å². The van der Waals surface area contributed by atoms with Gasteiger partial charge in [-0.2, -0.15) is 0 Å². The van der Waals surface area contributed by atoms with Crippen LogP contribution < -0.4 is 32.3 Å². The summed E-state index contributed by atoms with van der Waals surface area (Å²) in [5, 5.41) is 22.5. The van der Waals surface area contributed by atoms with Crippen molar-refractivity contribution in [1.82, 2.24) is 31.5 Å². The fraction of sp³-hybridized carbons (Fsp3) is 0.750. The van der Waals surface area contributed by atoms with Gasteiger partial charge in [-0.3, -0.25) is 33.6 Å². The molecule has 8 N–H and O–H groups in total. The van der Waals surface area contributed by atoms with Gasteiger partial charge in [0.2, 0.25) is 41.4 Å². The number of hydrogen-bond acceptors (Lipinski definition) is 8. The molecule has 15 heteroatoms. The van der Waals surface area contributed by atoms with Crippen molar-refractivity contribution < 1.29 is 38.7 Å². The predicted molar refractivity (Wildman–Crippen MR) is 157 cm³/mol. The first kappa shape index (κ1) is 37.3. The first-order valence-corrected chi connectivity index (χ1v) is 14.7. The third-order valence-corrected chi connectivity index (χ3v) is 6.91. The molecule has 15 nitrogen and oxygen atoms in total. The molecule has 0 spiro atoms. The van der Waals surface area contributed by atoms with Gasteiger partial charge >= 0.3 is 0 Å². The molecule has 0 aliphatic carbocycles. The molecule has 1 saturated heterocycles. The van der Waals surface area contributed by atoms with E-state index in [4.69, 9.17) is 5.73 Å². The Morgan fingerprint density at radius 1 is 0.744 bits per heavy atom. The van der Waals surface area contributed by atoms with E-state index in [2.05, 4.69) is 26.6 Å². The summed E-state index contributed by atoms with van der Waals surface area (Å²) in [6.07, 6.45) is 1.42. The molecule has 1 aliphatic rings. The summed E-state index contributed by atoms with van der Waals surface area (Å²) in [4.78, 5) is 88.9. The minimum atomic E-state index is -1.34. The highest BCUT2D eigenvalue weighted by Crippen LogP contribution is 2.19. The molecule has 244 valence electrons. The zero-order valence-corrected chi connectivity index (χ0v) is 26.2. The third kappa shape index (κ3) is 12.2. The van der Waals surface area contributed by atoms with Crippen LogP contribution in [0.1, 0.15) is 74.1 Å². The number of nitrogens with two attached hydrogens (primary N) is 1. The van der Waals surface area contributed by atoms with Crippen LogP contribution in [0.3, 0.4) is 0 Å². The molecule has 0 aromatic carbocycles. The highest BCUT2D eigenvalue weighted by Gasteiger charge is 2.39. The molecule has 0 saturated carbocycles. The molecule has 1 heterocycles. The number of hydrogen-bond donors (Lipinski definition) is 7. The van der Waals surface area contributed by atoms with E-state index >= 15 is 0 Å². The zero-order chi connectivity index (χ0) is 33.0. The van der Waals surface area contributed by atoms with Gasteiger partial charge in [-0.15, -0.1) is 0 Å². The fourth-order valence-corrected chi connectivity index (χ4v) is 4.70. The number of aliphatic hydroxyl groups excluding tert-OH is 1. The number of amides is 7. The van der Waals surface area contributed by atoms with Crippen LogP contribution in [-0.2, 0) is 33.6 Å². The molecule has 7 amide bonds. The lowest BCUT2D eigenvalue weighted by Crippen LogP contribution is -2.59. The third-order valence-electron chi connectivity index (χ3n) is 6.91. The molecule has 1 aliphatic heterocycles. The number of primary amides is 1. The van der Waals surface area contributed by atoms with Crippen molar-refractivity contribution in [2.24, 2.45) is 17.6 Å². The van der Waals surface area contributed by atoms with Crippen molar-refractivity contribution in [3.05, 3.63) is 0 Å². The van der Waals surface area contributed by atoms with Crippen molar-refractivity contribution >= 4 is 41.4 Å². The smallest absolute Gasteiger partial charge is 0.248 e. The van der Waals surface area contributed by atoms with E-state index in [1.807, 2.05) is 27.7 Å². The second kappa shape index (κ2) is 17.4. The molecule has 0 aromatic heterocycles. The predicted octanol–water partition coefficient (Wildman–Crippen LogP) is -1.97. The summed E-state index contributed by atoms with van der Waals surface area (Å²) in [5.41, 5.74) is 5.36. The minimum absolute atomic E-state index is 0.0611. The van der Waals surface area contributed by atoms with Crippen LogP contribution in [0, 0.1) is 11.8 Å². The Morgan fingerprint density at radius 3 is 1.77 bits per heavy atom. The quantitative estimate of drug-likeness (QED) is 0.103. The van der Waals surface area contributed by atoms with Gasteiger partial charge in [0, 0.05) is 13.5 Å². The van der Waals surface area contributed by atoms with Gasteiger partial charge in [0.05, 0.1) is 6.61 Å². The van der Waals surface area contributed by atoms with Gasteiger partial charge in [-0.05, 0) is 51.4 Å². The monoisotopic (exact) mass is 611 g/mol. The van der Waals surface area contributed by atoms with E-state index < -0.39 is 84.2 Å². The van der Waals surface area contributed by atoms with E-state index in [1.54, 1.807) is 0 Å². The molecule has 1 fully saturated rings. The first-order chi connectivity index (χ1) is 20.0. The minimum Gasteiger partial charge on any atom is -0.394 e. The van der Waals surface area contributed by atoms with Crippen LogP contribution in [0.15, 0.2) is 0 Å². The maximum absolute atomic E-state index is 13.3. The molecule has 1 rings (SSSR count). The van der Waals surface area contributed by atoms with Crippen molar-refractivity contribution in [3.63, 3.8) is 0 Å². The average molecular weight is 612 g/mol. The standard InChI is InChI=1S/C28H49N7O8/c1-14(2)11-19(23(29)38)33-25(40)17(6)30-24(39)16(5)31-27(42)22-9-8-10-35(22)28(43)21(13-36)34-26(41)20(12-15(3)4)32-18(7)37/h14-17,19-22,36H,8-13H2,1-7H3,(H2,29,38)(H,30,39)(H,31,42)(H,32,37)(H,33,40)(H,34,41)/t16-,17-,19-,20-,21-,22-/m0/s1. The Bertz CT molecular complexity index is 1030. The van der Waals surface area contributed by atoms with Gasteiger partial charge in [-0.25, -0.2) is 0 Å². The summed E-state index contributed by atoms with van der Waals surface area (Å²) < 4.78 is 0. The molecular weight excluding hydrogens is 562 g/mol. The van der Waals surface area contributed by atoms with Crippen LogP contribution in [0.25, 0.3) is 0 Å². The van der Waals surface area contributed by atoms with E-state index in [1.165, 1.54) is 25.7 Å². The summed E-state index contributed by atoms with van der Waals surface area (Å²) in [6, 6.07) is -6.21. The van der Waals surface area contributed by atoms with Gasteiger partial charge in [0.15, 0.2) is 0 Å². The molecule has 43 heavy (non-hydrogen) atoms. The van der Waals surface area contributed by atoms with Gasteiger partial charge in [0.25, 0.3) is 0 Å². The number of carbonyl (C=O) groups is 7. The van der Waals surface area contributed by atoms with Crippen LogP contribution in [-0.4, -0.2) is 101 Å². The molecule has 0 radical (unpaired) electrons. The van der Waals surface area contributed by atoms with E-state index in [0.717, 1.165) is 0 Å².